The Hall–Kier alpha value is -5.55. The van der Waals surface area contributed by atoms with Crippen LogP contribution in [0, 0.1) is 76.9 Å². The lowest BCUT2D eigenvalue weighted by molar-refractivity contribution is -0.265. The number of nitrogens with one attached hydrogen (secondary N) is 2. The van der Waals surface area contributed by atoms with Crippen LogP contribution >= 0.6 is 0 Å². The summed E-state index contributed by atoms with van der Waals surface area (Å²) in [4.78, 5) is 45.1. The number of esters is 2. The number of fused-ring (bicyclic) bond motifs is 19. The Morgan fingerprint density at radius 3 is 2.30 bits per heavy atom. The SMILES string of the molecule is CNC[C@@H]1C#CC2CCC(CC2)OC[C@@H](O)[C@@](C)(O)CNc2cc([C@H]3C#C[C@@H]4CC(=O)Oc5c4cc(c(O)c5C4CCCCC4)C[C@H]4OC(=O)/C(=C\[C@H](O)Cc5cccc(c5)C[C@H]5C(=O)C[C@H]6CC[C@@H]7[C@@H]8CCCC[C@H]8[C@]4(O)[C@H]6[C@H]75)C3)cc(c2)[C@@H]1O. The van der Waals surface area contributed by atoms with Gasteiger partial charge in [-0.15, -0.1) is 0 Å². The summed E-state index contributed by atoms with van der Waals surface area (Å²) in [5.41, 5.74) is 1.92. The highest BCUT2D eigenvalue weighted by molar-refractivity contribution is 5.89. The van der Waals surface area contributed by atoms with Gasteiger partial charge < -0.3 is 55.5 Å². The second kappa shape index (κ2) is 24.4. The zero-order valence-corrected chi connectivity index (χ0v) is 50.1. The first kappa shape index (κ1) is 59.4. The van der Waals surface area contributed by atoms with Gasteiger partial charge in [-0.05, 0) is 185 Å². The van der Waals surface area contributed by atoms with Crippen molar-refractivity contribution in [3.8, 4) is 35.2 Å². The van der Waals surface area contributed by atoms with Crippen molar-refractivity contribution in [2.75, 3.05) is 32.1 Å². The monoisotopic (exact) mass is 1170 g/mol. The quantitative estimate of drug-likeness (QED) is 0.0694. The molecule has 5 aliphatic heterocycles. The molecule has 3 aromatic rings. The van der Waals surface area contributed by atoms with Crippen molar-refractivity contribution >= 4 is 23.4 Å². The first-order valence-electron chi connectivity index (χ1n) is 32.8. The second-order valence-corrected chi connectivity index (χ2v) is 28.1. The molecule has 0 radical (unpaired) electrons. The number of aromatic hydroxyl groups is 1. The molecule has 14 nitrogen and oxygen atoms in total. The van der Waals surface area contributed by atoms with E-state index < -0.39 is 71.2 Å². The van der Waals surface area contributed by atoms with Crippen LogP contribution in [0.15, 0.2) is 60.2 Å². The Morgan fingerprint density at radius 1 is 0.744 bits per heavy atom. The number of benzene rings is 3. The minimum Gasteiger partial charge on any atom is -0.507 e. The number of phenolic OH excluding ortho intramolecular Hbond substituents is 1. The molecule has 6 aliphatic carbocycles. The molecule has 14 heteroatoms. The molecule has 458 valence electrons. The smallest absolute Gasteiger partial charge is 0.334 e. The van der Waals surface area contributed by atoms with Gasteiger partial charge in [0.05, 0.1) is 43.2 Å². The van der Waals surface area contributed by atoms with Crippen LogP contribution in [0.3, 0.4) is 0 Å². The van der Waals surface area contributed by atoms with E-state index in [4.69, 9.17) is 14.2 Å². The van der Waals surface area contributed by atoms with Gasteiger partial charge >= 0.3 is 11.9 Å². The van der Waals surface area contributed by atoms with E-state index in [-0.39, 0.29) is 109 Å². The molecular formula is C72H88N2O12. The number of carbonyl (C=O) groups excluding carboxylic acids is 3. The van der Waals surface area contributed by atoms with Crippen LogP contribution in [-0.4, -0.2) is 111 Å². The summed E-state index contributed by atoms with van der Waals surface area (Å²) in [6.07, 6.45) is 10.3. The van der Waals surface area contributed by atoms with Gasteiger partial charge in [-0.3, -0.25) is 9.59 Å². The average molecular weight is 1170 g/mol. The first-order chi connectivity index (χ1) is 41.5. The molecule has 0 spiro atoms. The number of phenols is 1. The lowest BCUT2D eigenvalue weighted by Crippen LogP contribution is -2.71. The molecule has 0 saturated heterocycles. The van der Waals surface area contributed by atoms with Crippen LogP contribution in [0.1, 0.15) is 185 Å². The summed E-state index contributed by atoms with van der Waals surface area (Å²) in [5, 5.41) is 82.8. The van der Waals surface area contributed by atoms with Crippen LogP contribution in [0.4, 0.5) is 5.69 Å². The Morgan fingerprint density at radius 2 is 1.50 bits per heavy atom. The highest BCUT2D eigenvalue weighted by Gasteiger charge is 2.69. The number of hydrogen-bond donors (Lipinski definition) is 8. The minimum absolute atomic E-state index is 0.0209. The number of anilines is 1. The highest BCUT2D eigenvalue weighted by atomic mass is 16.6. The van der Waals surface area contributed by atoms with Gasteiger partial charge in [0.2, 0.25) is 0 Å². The molecule has 11 aliphatic rings. The standard InChI is InChI=1S/C72H88N2O12/c1-71(82)39-74-52-30-48(29-49(31-52)67(79)47(37-73-2)18-15-40-16-22-54(23-17-40)84-38-61(71)77)44-19-20-45-36-63(78)86-69-57(45)33-50(68(80)64(69)43-11-4-3-5-12-43)35-62-72(83)59-14-7-6-13-55(59)56-24-21-46-34-60(76)58(65(56)66(46)72)27-42-10-8-9-41(25-42)26-53(75)32-51(28-44)70(81)85-62/h8-10,25,29-33,40,43-47,53-56,58-59,61-62,65-67,73-75,77,79-80,82-83H,3-7,11-14,16-17,21-24,26-28,34-39H2,1-2H3/b51-32-/t40?,44-,45+,46+,47-,53+,54?,55-,56+,58-,59+,61+,62+,65+,66+,67+,71-,72+/m0/s1. The van der Waals surface area contributed by atoms with Crippen molar-refractivity contribution in [1.29, 1.82) is 0 Å². The largest absolute Gasteiger partial charge is 0.507 e. The van der Waals surface area contributed by atoms with Gasteiger partial charge in [0.25, 0.3) is 0 Å². The number of ketones is 1. The van der Waals surface area contributed by atoms with Crippen LogP contribution < -0.4 is 15.4 Å². The zero-order chi connectivity index (χ0) is 59.6. The van der Waals surface area contributed by atoms with Gasteiger partial charge in [-0.1, -0.05) is 86.1 Å². The molecule has 8 N–H and O–H groups in total. The van der Waals surface area contributed by atoms with Gasteiger partial charge in [0.1, 0.15) is 40.7 Å². The number of Topliss-reactive ketones (excluding diaryl/α,β-unsaturated/α-hetero) is 1. The third-order valence-electron chi connectivity index (χ3n) is 22.6. The lowest BCUT2D eigenvalue weighted by Gasteiger charge is -2.66. The van der Waals surface area contributed by atoms with E-state index in [9.17, 15) is 40.2 Å². The van der Waals surface area contributed by atoms with Crippen molar-refractivity contribution in [1.82, 2.24) is 5.32 Å². The van der Waals surface area contributed by atoms with Crippen molar-refractivity contribution in [3.63, 3.8) is 0 Å². The average Bonchev–Trinajstić information content (AvgIpc) is 0.728. The molecule has 86 heavy (non-hydrogen) atoms. The van der Waals surface area contributed by atoms with Crippen LogP contribution in [0.5, 0.6) is 11.5 Å². The van der Waals surface area contributed by atoms with E-state index in [1.54, 1.807) is 13.0 Å². The minimum atomic E-state index is -1.66. The number of ether oxygens (including phenoxy) is 3. The predicted molar refractivity (Wildman–Crippen MR) is 324 cm³/mol. The predicted octanol–water partition coefficient (Wildman–Crippen LogP) is 8.95. The summed E-state index contributed by atoms with van der Waals surface area (Å²) in [7, 11) is 1.83. The van der Waals surface area contributed by atoms with Crippen molar-refractivity contribution < 1.29 is 59.2 Å². The van der Waals surface area contributed by atoms with Gasteiger partial charge in [-0.2, -0.15) is 0 Å². The van der Waals surface area contributed by atoms with Crippen LogP contribution in [0.25, 0.3) is 0 Å². The second-order valence-electron chi connectivity index (χ2n) is 28.1. The molecule has 16 atom stereocenters. The van der Waals surface area contributed by atoms with Crippen molar-refractivity contribution in [2.45, 2.75) is 201 Å². The van der Waals surface area contributed by atoms with Crippen molar-refractivity contribution in [2.24, 2.45) is 53.3 Å². The third kappa shape index (κ3) is 11.5. The summed E-state index contributed by atoms with van der Waals surface area (Å²) < 4.78 is 19.7. The van der Waals surface area contributed by atoms with E-state index >= 15 is 4.79 Å². The fraction of sp³-hybridized carbons (Fsp3) is 0.625. The van der Waals surface area contributed by atoms with Crippen LogP contribution in [0.2, 0.25) is 0 Å². The maximum atomic E-state index is 16.2. The van der Waals surface area contributed by atoms with Gasteiger partial charge in [0, 0.05) is 72.5 Å². The van der Waals surface area contributed by atoms with Crippen LogP contribution in [-0.2, 0) is 43.1 Å². The summed E-state index contributed by atoms with van der Waals surface area (Å²) >= 11 is 0. The van der Waals surface area contributed by atoms with Crippen molar-refractivity contribution in [3.05, 3.63) is 99.1 Å². The van der Waals surface area contributed by atoms with Gasteiger partial charge in [0.15, 0.2) is 0 Å². The van der Waals surface area contributed by atoms with E-state index in [1.807, 2.05) is 43.4 Å². The Kier molecular flexibility index (Phi) is 16.9. The fourth-order valence-electron chi connectivity index (χ4n) is 18.3. The highest BCUT2D eigenvalue weighted by Crippen LogP contribution is 2.66. The number of aliphatic hydroxyl groups is 5. The fourth-order valence-corrected chi connectivity index (χ4v) is 18.3. The number of carbonyl (C=O) groups is 3. The molecule has 6 saturated carbocycles. The lowest BCUT2D eigenvalue weighted by atomic mass is 9.40. The van der Waals surface area contributed by atoms with E-state index in [2.05, 4.69) is 46.4 Å². The van der Waals surface area contributed by atoms with E-state index in [1.165, 1.54) is 0 Å². The molecule has 14 rings (SSSR count). The number of aliphatic hydroxyl groups excluding tert-OH is 3. The van der Waals surface area contributed by atoms with E-state index in [0.717, 1.165) is 107 Å². The molecule has 5 heterocycles. The zero-order valence-electron chi connectivity index (χ0n) is 50.1. The Labute approximate surface area is 506 Å². The molecule has 6 fully saturated rings. The molecule has 3 aromatic carbocycles. The molecular weight excluding hydrogens is 1080 g/mol. The third-order valence-corrected chi connectivity index (χ3v) is 22.6. The normalized spacial score (nSPS) is 38.7. The molecule has 0 amide bonds. The Bertz CT molecular complexity index is 3240. The molecule has 0 aromatic heterocycles. The Balaban J connectivity index is 1.02. The summed E-state index contributed by atoms with van der Waals surface area (Å²) in [5.74, 6) is 10.1. The number of rotatable bonds is 4. The maximum Gasteiger partial charge on any atom is 0.334 e. The first-order valence-corrected chi connectivity index (χ1v) is 32.8. The van der Waals surface area contributed by atoms with Gasteiger partial charge in [-0.25, -0.2) is 4.79 Å². The topological polar surface area (TPSA) is 224 Å². The molecule has 0 unspecified atom stereocenters. The van der Waals surface area contributed by atoms with E-state index in [0.29, 0.717) is 58.6 Å². The molecule has 16 bridgehead atoms. The maximum absolute atomic E-state index is 16.2. The summed E-state index contributed by atoms with van der Waals surface area (Å²) in [6, 6.07) is 15.5. The summed E-state index contributed by atoms with van der Waals surface area (Å²) in [6.45, 7) is 1.77. The number of hydrogen-bond acceptors (Lipinski definition) is 14.